The summed E-state index contributed by atoms with van der Waals surface area (Å²) in [5, 5.41) is 9.54. The summed E-state index contributed by atoms with van der Waals surface area (Å²) in [6.45, 7) is 1.96. The van der Waals surface area contributed by atoms with E-state index >= 15 is 0 Å². The lowest BCUT2D eigenvalue weighted by molar-refractivity contribution is -0.142. The molecule has 2 rings (SSSR count). The van der Waals surface area contributed by atoms with Gasteiger partial charge in [-0.1, -0.05) is 0 Å². The van der Waals surface area contributed by atoms with Crippen LogP contribution >= 0.6 is 0 Å². The fraction of sp³-hybridized carbons (Fsp3) is 0.250. The predicted molar refractivity (Wildman–Crippen MR) is 63.5 cm³/mol. The van der Waals surface area contributed by atoms with Crippen LogP contribution in [0.25, 0.3) is 5.65 Å². The molecule has 6 heteroatoms. The SMILES string of the molecule is CCOC(=O)Cc1cnc2c(O)cccn2c1=O. The molecule has 2 heterocycles. The van der Waals surface area contributed by atoms with Gasteiger partial charge in [0.05, 0.1) is 13.0 Å². The standard InChI is InChI=1S/C12H12N2O4/c1-2-18-10(16)6-8-7-13-11-9(15)4-3-5-14(11)12(8)17/h3-5,7,15H,2,6H2,1H3. The van der Waals surface area contributed by atoms with Crippen molar-refractivity contribution in [3.63, 3.8) is 0 Å². The predicted octanol–water partition coefficient (Wildman–Crippen LogP) is 0.506. The molecule has 0 aliphatic rings. The molecule has 0 aliphatic heterocycles. The summed E-state index contributed by atoms with van der Waals surface area (Å²) in [6, 6.07) is 2.96. The van der Waals surface area contributed by atoms with Crippen molar-refractivity contribution in [3.05, 3.63) is 40.4 Å². The van der Waals surface area contributed by atoms with Crippen LogP contribution in [0.5, 0.6) is 5.75 Å². The Kier molecular flexibility index (Phi) is 3.27. The van der Waals surface area contributed by atoms with Crippen LogP contribution < -0.4 is 5.56 Å². The van der Waals surface area contributed by atoms with Crippen molar-refractivity contribution in [3.8, 4) is 5.75 Å². The van der Waals surface area contributed by atoms with Gasteiger partial charge in [-0.2, -0.15) is 0 Å². The zero-order valence-electron chi connectivity index (χ0n) is 9.79. The van der Waals surface area contributed by atoms with Crippen LogP contribution in [-0.2, 0) is 16.0 Å². The maximum atomic E-state index is 12.0. The second-order valence-electron chi connectivity index (χ2n) is 3.66. The third kappa shape index (κ3) is 2.17. The molecule has 2 aromatic rings. The summed E-state index contributed by atoms with van der Waals surface area (Å²) < 4.78 is 5.97. The van der Waals surface area contributed by atoms with Crippen LogP contribution in [0.1, 0.15) is 12.5 Å². The third-order valence-corrected chi connectivity index (χ3v) is 2.42. The highest BCUT2D eigenvalue weighted by atomic mass is 16.5. The molecule has 0 bridgehead atoms. The largest absolute Gasteiger partial charge is 0.504 e. The number of carbonyl (C=O) groups excluding carboxylic acids is 1. The fourth-order valence-corrected chi connectivity index (χ4v) is 1.62. The molecule has 6 nitrogen and oxygen atoms in total. The van der Waals surface area contributed by atoms with Gasteiger partial charge in [-0.3, -0.25) is 14.0 Å². The van der Waals surface area contributed by atoms with E-state index in [1.807, 2.05) is 0 Å². The van der Waals surface area contributed by atoms with E-state index in [4.69, 9.17) is 4.74 Å². The van der Waals surface area contributed by atoms with Crippen molar-refractivity contribution in [2.45, 2.75) is 13.3 Å². The van der Waals surface area contributed by atoms with Crippen LogP contribution in [0.15, 0.2) is 29.3 Å². The van der Waals surface area contributed by atoms with E-state index in [0.717, 1.165) is 0 Å². The topological polar surface area (TPSA) is 80.9 Å². The molecular formula is C12H12N2O4. The van der Waals surface area contributed by atoms with E-state index in [-0.39, 0.29) is 35.5 Å². The maximum Gasteiger partial charge on any atom is 0.310 e. The summed E-state index contributed by atoms with van der Waals surface area (Å²) in [6.07, 6.45) is 2.64. The minimum atomic E-state index is -0.475. The Bertz CT molecular complexity index is 648. The van der Waals surface area contributed by atoms with Gasteiger partial charge in [0.25, 0.3) is 5.56 Å². The van der Waals surface area contributed by atoms with E-state index in [1.165, 1.54) is 28.9 Å². The smallest absolute Gasteiger partial charge is 0.310 e. The Labute approximate surface area is 102 Å². The molecule has 0 aromatic carbocycles. The lowest BCUT2D eigenvalue weighted by Crippen LogP contribution is -2.22. The number of fused-ring (bicyclic) bond motifs is 1. The molecule has 2 aromatic heterocycles. The summed E-state index contributed by atoms with van der Waals surface area (Å²) >= 11 is 0. The number of ether oxygens (including phenoxy) is 1. The van der Waals surface area contributed by atoms with E-state index < -0.39 is 5.97 Å². The maximum absolute atomic E-state index is 12.0. The number of nitrogens with zero attached hydrogens (tertiary/aromatic N) is 2. The second-order valence-corrected chi connectivity index (χ2v) is 3.66. The number of hydrogen-bond acceptors (Lipinski definition) is 5. The number of rotatable bonds is 3. The molecule has 94 valence electrons. The summed E-state index contributed by atoms with van der Waals surface area (Å²) in [7, 11) is 0. The normalized spacial score (nSPS) is 10.5. The van der Waals surface area contributed by atoms with Crippen LogP contribution in [-0.4, -0.2) is 27.1 Å². The highest BCUT2D eigenvalue weighted by molar-refractivity contribution is 5.72. The quantitative estimate of drug-likeness (QED) is 0.800. The third-order valence-electron chi connectivity index (χ3n) is 2.42. The molecule has 0 saturated carbocycles. The van der Waals surface area contributed by atoms with Crippen LogP contribution in [0.4, 0.5) is 0 Å². The molecule has 0 aliphatic carbocycles. The molecule has 18 heavy (non-hydrogen) atoms. The van der Waals surface area contributed by atoms with E-state index in [2.05, 4.69) is 4.98 Å². The Hall–Kier alpha value is -2.37. The highest BCUT2D eigenvalue weighted by Crippen LogP contribution is 2.13. The second kappa shape index (κ2) is 4.87. The van der Waals surface area contributed by atoms with Crippen molar-refractivity contribution in [2.75, 3.05) is 6.61 Å². The lowest BCUT2D eigenvalue weighted by atomic mass is 10.2. The minimum absolute atomic E-state index is 0.0858. The van der Waals surface area contributed by atoms with Gasteiger partial charge < -0.3 is 9.84 Å². The number of aromatic nitrogens is 2. The van der Waals surface area contributed by atoms with Gasteiger partial charge >= 0.3 is 5.97 Å². The molecule has 0 radical (unpaired) electrons. The van der Waals surface area contributed by atoms with E-state index in [1.54, 1.807) is 6.92 Å². The Morgan fingerprint density at radius 1 is 1.56 bits per heavy atom. The monoisotopic (exact) mass is 248 g/mol. The first-order chi connectivity index (χ1) is 8.63. The molecule has 0 amide bonds. The first-order valence-electron chi connectivity index (χ1n) is 5.47. The van der Waals surface area contributed by atoms with Crippen molar-refractivity contribution in [2.24, 2.45) is 0 Å². The number of hydrogen-bond donors (Lipinski definition) is 1. The van der Waals surface area contributed by atoms with E-state index in [0.29, 0.717) is 0 Å². The molecule has 0 unspecified atom stereocenters. The van der Waals surface area contributed by atoms with Crippen LogP contribution in [0.2, 0.25) is 0 Å². The Morgan fingerprint density at radius 2 is 2.33 bits per heavy atom. The van der Waals surface area contributed by atoms with Crippen LogP contribution in [0, 0.1) is 0 Å². The highest BCUT2D eigenvalue weighted by Gasteiger charge is 2.11. The average Bonchev–Trinajstić information content (AvgIpc) is 2.34. The molecule has 0 spiro atoms. The summed E-state index contributed by atoms with van der Waals surface area (Å²) in [5.74, 6) is -0.561. The number of aromatic hydroxyl groups is 1. The number of esters is 1. The number of pyridine rings is 1. The minimum Gasteiger partial charge on any atom is -0.504 e. The summed E-state index contributed by atoms with van der Waals surface area (Å²) in [5.41, 5.74) is 0.00983. The first kappa shape index (κ1) is 12.1. The van der Waals surface area contributed by atoms with E-state index in [9.17, 15) is 14.7 Å². The van der Waals surface area contributed by atoms with Gasteiger partial charge in [0, 0.05) is 18.0 Å². The molecule has 0 saturated heterocycles. The average molecular weight is 248 g/mol. The van der Waals surface area contributed by atoms with Gasteiger partial charge in [0.15, 0.2) is 11.4 Å². The lowest BCUT2D eigenvalue weighted by Gasteiger charge is -2.05. The molecular weight excluding hydrogens is 236 g/mol. The molecule has 0 atom stereocenters. The summed E-state index contributed by atoms with van der Waals surface area (Å²) in [4.78, 5) is 27.3. The van der Waals surface area contributed by atoms with Crippen molar-refractivity contribution in [1.29, 1.82) is 0 Å². The molecule has 0 fully saturated rings. The molecule has 1 N–H and O–H groups in total. The Morgan fingerprint density at radius 3 is 3.06 bits per heavy atom. The fourth-order valence-electron chi connectivity index (χ4n) is 1.62. The zero-order valence-corrected chi connectivity index (χ0v) is 9.79. The van der Waals surface area contributed by atoms with Gasteiger partial charge in [-0.15, -0.1) is 0 Å². The number of carbonyl (C=O) groups is 1. The van der Waals surface area contributed by atoms with Crippen molar-refractivity contribution in [1.82, 2.24) is 9.38 Å². The van der Waals surface area contributed by atoms with Crippen molar-refractivity contribution < 1.29 is 14.6 Å². The Balaban J connectivity index is 2.46. The van der Waals surface area contributed by atoms with Gasteiger partial charge in [0.2, 0.25) is 0 Å². The van der Waals surface area contributed by atoms with Crippen molar-refractivity contribution >= 4 is 11.6 Å². The van der Waals surface area contributed by atoms with Gasteiger partial charge in [0.1, 0.15) is 0 Å². The van der Waals surface area contributed by atoms with Gasteiger partial charge in [-0.25, -0.2) is 4.98 Å². The zero-order chi connectivity index (χ0) is 13.1. The van der Waals surface area contributed by atoms with Crippen LogP contribution in [0.3, 0.4) is 0 Å². The first-order valence-corrected chi connectivity index (χ1v) is 5.47. The van der Waals surface area contributed by atoms with Gasteiger partial charge in [-0.05, 0) is 19.1 Å².